The topological polar surface area (TPSA) is 104 Å². The number of allylic oxidation sites excluding steroid dienone is 1. The van der Waals surface area contributed by atoms with Gasteiger partial charge in [0.15, 0.2) is 5.65 Å². The van der Waals surface area contributed by atoms with Gasteiger partial charge in [-0.05, 0) is 68.0 Å². The van der Waals surface area contributed by atoms with Crippen molar-refractivity contribution in [2.45, 2.75) is 31.7 Å². The lowest BCUT2D eigenvalue weighted by Crippen LogP contribution is -2.39. The van der Waals surface area contributed by atoms with E-state index in [4.69, 9.17) is 22.1 Å². The predicted molar refractivity (Wildman–Crippen MR) is 144 cm³/mol. The van der Waals surface area contributed by atoms with E-state index in [0.29, 0.717) is 54.4 Å². The highest BCUT2D eigenvalue weighted by Crippen LogP contribution is 2.36. The molecule has 9 heteroatoms. The molecule has 2 aliphatic rings. The Labute approximate surface area is 220 Å². The molecule has 2 fully saturated rings. The number of likely N-dealkylation sites (tertiary alicyclic amines) is 1. The largest absolute Gasteiger partial charge is 0.457 e. The standard InChI is InChI=1S/C29H27N7O2/c1-31-24(17-19-7-8-19)29(37)35-15-13-21(14-16-35)36-28-25(27(30)32-18-33-28)26(34-36)20-9-11-23(12-10-20)38-22-5-3-2-4-6-22/h2-6,9-12,17-19,21H,7-8,13-16H2,(H2,30,32,33)/b24-17+. The van der Waals surface area contributed by atoms with E-state index >= 15 is 0 Å². The van der Waals surface area contributed by atoms with Gasteiger partial charge < -0.3 is 15.4 Å². The minimum atomic E-state index is -0.166. The Balaban J connectivity index is 1.24. The van der Waals surface area contributed by atoms with E-state index in [2.05, 4.69) is 14.8 Å². The highest BCUT2D eigenvalue weighted by Gasteiger charge is 2.30. The number of carbonyl (C=O) groups excluding carboxylic acids is 1. The van der Waals surface area contributed by atoms with E-state index in [1.165, 1.54) is 6.33 Å². The molecule has 190 valence electrons. The number of hydrogen-bond donors (Lipinski definition) is 1. The predicted octanol–water partition coefficient (Wildman–Crippen LogP) is 5.24. The van der Waals surface area contributed by atoms with Crippen LogP contribution in [0.1, 0.15) is 31.7 Å². The van der Waals surface area contributed by atoms with Gasteiger partial charge in [0.25, 0.3) is 5.91 Å². The first kappa shape index (κ1) is 23.7. The second kappa shape index (κ2) is 9.98. The number of rotatable bonds is 6. The molecule has 0 atom stereocenters. The molecule has 2 aromatic heterocycles. The molecular formula is C29H27N7O2. The fourth-order valence-corrected chi connectivity index (χ4v) is 4.88. The third-order valence-corrected chi connectivity index (χ3v) is 7.08. The minimum absolute atomic E-state index is 0.0501. The van der Waals surface area contributed by atoms with E-state index < -0.39 is 0 Å². The number of fused-ring (bicyclic) bond motifs is 1. The maximum atomic E-state index is 12.9. The summed E-state index contributed by atoms with van der Waals surface area (Å²) in [4.78, 5) is 26.9. The molecule has 1 amide bonds. The van der Waals surface area contributed by atoms with Crippen molar-refractivity contribution >= 4 is 22.8 Å². The van der Waals surface area contributed by atoms with Crippen LogP contribution in [-0.2, 0) is 4.79 Å². The Morgan fingerprint density at radius 2 is 1.71 bits per heavy atom. The molecule has 3 heterocycles. The van der Waals surface area contributed by atoms with Crippen LogP contribution >= 0.6 is 0 Å². The van der Waals surface area contributed by atoms with Crippen molar-refractivity contribution in [3.8, 4) is 22.8 Å². The summed E-state index contributed by atoms with van der Waals surface area (Å²) in [5.41, 5.74) is 8.83. The molecule has 0 bridgehead atoms. The van der Waals surface area contributed by atoms with Crippen molar-refractivity contribution in [1.82, 2.24) is 24.6 Å². The molecule has 1 saturated heterocycles. The van der Waals surface area contributed by atoms with E-state index in [1.807, 2.05) is 65.4 Å². The van der Waals surface area contributed by atoms with Crippen molar-refractivity contribution in [1.29, 1.82) is 0 Å². The summed E-state index contributed by atoms with van der Waals surface area (Å²) < 4.78 is 7.86. The summed E-state index contributed by atoms with van der Waals surface area (Å²) in [6, 6.07) is 17.4. The zero-order valence-electron chi connectivity index (χ0n) is 20.8. The summed E-state index contributed by atoms with van der Waals surface area (Å²) in [6.07, 6.45) is 6.85. The van der Waals surface area contributed by atoms with Gasteiger partial charge in [0.05, 0.1) is 18.0 Å². The van der Waals surface area contributed by atoms with E-state index in [1.54, 1.807) is 4.90 Å². The number of benzene rings is 2. The van der Waals surface area contributed by atoms with Crippen LogP contribution in [0.5, 0.6) is 11.5 Å². The van der Waals surface area contributed by atoms with Crippen LogP contribution in [0, 0.1) is 12.5 Å². The number of nitrogens with zero attached hydrogens (tertiary/aromatic N) is 6. The molecule has 9 nitrogen and oxygen atoms in total. The maximum Gasteiger partial charge on any atom is 0.252 e. The van der Waals surface area contributed by atoms with Crippen LogP contribution in [-0.4, -0.2) is 43.6 Å². The maximum absolute atomic E-state index is 12.9. The van der Waals surface area contributed by atoms with Crippen molar-refractivity contribution in [2.24, 2.45) is 5.92 Å². The molecular weight excluding hydrogens is 478 g/mol. The Bertz CT molecular complexity index is 1540. The van der Waals surface area contributed by atoms with Gasteiger partial charge in [-0.15, -0.1) is 0 Å². The summed E-state index contributed by atoms with van der Waals surface area (Å²) >= 11 is 0. The Hall–Kier alpha value is -4.71. The molecule has 4 aromatic rings. The second-order valence-electron chi connectivity index (χ2n) is 9.71. The average Bonchev–Trinajstić information content (AvgIpc) is 3.70. The number of carbonyl (C=O) groups is 1. The first-order chi connectivity index (χ1) is 18.6. The first-order valence-corrected chi connectivity index (χ1v) is 12.8. The van der Waals surface area contributed by atoms with E-state index in [0.717, 1.165) is 29.9 Å². The van der Waals surface area contributed by atoms with Crippen molar-refractivity contribution in [3.05, 3.63) is 84.1 Å². The molecule has 1 aliphatic carbocycles. The Morgan fingerprint density at radius 1 is 1.00 bits per heavy atom. The number of anilines is 1. The summed E-state index contributed by atoms with van der Waals surface area (Å²) in [5, 5.41) is 5.67. The zero-order valence-corrected chi connectivity index (χ0v) is 20.8. The van der Waals surface area contributed by atoms with Gasteiger partial charge in [-0.2, -0.15) is 5.10 Å². The van der Waals surface area contributed by atoms with Gasteiger partial charge in [-0.25, -0.2) is 19.5 Å². The van der Waals surface area contributed by atoms with Crippen LogP contribution in [0.15, 0.2) is 72.7 Å². The normalized spacial score (nSPS) is 16.4. The summed E-state index contributed by atoms with van der Waals surface area (Å²) in [6.45, 7) is 8.55. The van der Waals surface area contributed by atoms with Crippen molar-refractivity contribution in [3.63, 3.8) is 0 Å². The van der Waals surface area contributed by atoms with E-state index in [9.17, 15) is 4.79 Å². The number of ether oxygens (including phenoxy) is 1. The molecule has 0 spiro atoms. The zero-order chi connectivity index (χ0) is 26.1. The number of nitrogens with two attached hydrogens (primary N) is 1. The molecule has 38 heavy (non-hydrogen) atoms. The third kappa shape index (κ3) is 4.68. The summed E-state index contributed by atoms with van der Waals surface area (Å²) in [7, 11) is 0. The van der Waals surface area contributed by atoms with Crippen LogP contribution in [0.25, 0.3) is 27.1 Å². The van der Waals surface area contributed by atoms with Gasteiger partial charge in [0.1, 0.15) is 29.3 Å². The molecule has 1 saturated carbocycles. The highest BCUT2D eigenvalue weighted by atomic mass is 16.5. The van der Waals surface area contributed by atoms with Gasteiger partial charge in [-0.1, -0.05) is 24.3 Å². The molecule has 2 aromatic carbocycles. The fraction of sp³-hybridized carbons (Fsp3) is 0.276. The highest BCUT2D eigenvalue weighted by molar-refractivity contribution is 5.98. The summed E-state index contributed by atoms with van der Waals surface area (Å²) in [5.74, 6) is 2.09. The van der Waals surface area contributed by atoms with Crippen LogP contribution < -0.4 is 10.5 Å². The number of amides is 1. The minimum Gasteiger partial charge on any atom is -0.457 e. The fourth-order valence-electron chi connectivity index (χ4n) is 4.88. The van der Waals surface area contributed by atoms with Crippen LogP contribution in [0.3, 0.4) is 0 Å². The Kier molecular flexibility index (Phi) is 6.22. The quantitative estimate of drug-likeness (QED) is 0.284. The third-order valence-electron chi connectivity index (χ3n) is 7.08. The van der Waals surface area contributed by atoms with Crippen LogP contribution in [0.2, 0.25) is 0 Å². The number of piperidine rings is 1. The lowest BCUT2D eigenvalue weighted by atomic mass is 10.0. The second-order valence-corrected chi connectivity index (χ2v) is 9.71. The first-order valence-electron chi connectivity index (χ1n) is 12.8. The smallest absolute Gasteiger partial charge is 0.252 e. The van der Waals surface area contributed by atoms with Crippen LogP contribution in [0.4, 0.5) is 5.82 Å². The molecule has 1 aliphatic heterocycles. The van der Waals surface area contributed by atoms with Gasteiger partial charge in [0.2, 0.25) is 5.70 Å². The molecule has 0 radical (unpaired) electrons. The number of nitrogen functional groups attached to an aromatic ring is 1. The van der Waals surface area contributed by atoms with E-state index in [-0.39, 0.29) is 17.6 Å². The average molecular weight is 506 g/mol. The SMILES string of the molecule is [C-]#[N+]/C(=C/C1CC1)C(=O)N1CCC(n2nc(-c3ccc(Oc4ccccc4)cc3)c3c(N)ncnc32)CC1. The van der Waals surface area contributed by atoms with Crippen molar-refractivity contribution in [2.75, 3.05) is 18.8 Å². The number of para-hydroxylation sites is 1. The lowest BCUT2D eigenvalue weighted by molar-refractivity contribution is -0.128. The van der Waals surface area contributed by atoms with Gasteiger partial charge in [0, 0.05) is 18.7 Å². The Morgan fingerprint density at radius 3 is 2.39 bits per heavy atom. The number of hydrogen-bond acceptors (Lipinski definition) is 6. The van der Waals surface area contributed by atoms with Gasteiger partial charge in [-0.3, -0.25) is 4.79 Å². The number of aromatic nitrogens is 4. The molecule has 6 rings (SSSR count). The molecule has 2 N–H and O–H groups in total. The van der Waals surface area contributed by atoms with Gasteiger partial charge >= 0.3 is 0 Å². The molecule has 0 unspecified atom stereocenters. The monoisotopic (exact) mass is 505 g/mol. The van der Waals surface area contributed by atoms with Crippen molar-refractivity contribution < 1.29 is 9.53 Å². The lowest BCUT2D eigenvalue weighted by Gasteiger charge is -2.32.